The molecule has 2 rings (SSSR count). The number of halogens is 1. The smallest absolute Gasteiger partial charge is 0.176 e. The van der Waals surface area contributed by atoms with E-state index in [1.165, 1.54) is 32.1 Å². The molecule has 1 aliphatic rings. The maximum atomic E-state index is 12.2. The molecule has 0 heterocycles. The third kappa shape index (κ3) is 3.66. The monoisotopic (exact) mass is 309 g/mol. The first kappa shape index (κ1) is 13.8. The molecule has 0 N–H and O–H groups in total. The van der Waals surface area contributed by atoms with E-state index in [4.69, 9.17) is 0 Å². The molecular weight excluding hydrogens is 290 g/mol. The molecule has 0 aliphatic heterocycles. The number of rotatable bonds is 4. The van der Waals surface area contributed by atoms with Gasteiger partial charge in [-0.3, -0.25) is 9.69 Å². The van der Waals surface area contributed by atoms with E-state index in [2.05, 4.69) is 27.9 Å². The van der Waals surface area contributed by atoms with E-state index < -0.39 is 0 Å². The molecule has 1 aromatic rings. The fourth-order valence-corrected chi connectivity index (χ4v) is 2.87. The highest BCUT2D eigenvalue weighted by Gasteiger charge is 2.20. The van der Waals surface area contributed by atoms with Crippen LogP contribution in [0.15, 0.2) is 28.7 Å². The second-order valence-electron chi connectivity index (χ2n) is 5.14. The summed E-state index contributed by atoms with van der Waals surface area (Å²) in [6.07, 6.45) is 6.45. The quantitative estimate of drug-likeness (QED) is 0.786. The van der Waals surface area contributed by atoms with Crippen molar-refractivity contribution in [1.82, 2.24) is 4.90 Å². The fraction of sp³-hybridized carbons (Fsp3) is 0.533. The van der Waals surface area contributed by atoms with Crippen LogP contribution in [-0.4, -0.2) is 30.3 Å². The van der Waals surface area contributed by atoms with Gasteiger partial charge in [0, 0.05) is 16.1 Å². The minimum atomic E-state index is 0.218. The number of hydrogen-bond acceptors (Lipinski definition) is 2. The number of carbonyl (C=O) groups is 1. The van der Waals surface area contributed by atoms with Crippen LogP contribution in [0, 0.1) is 0 Å². The van der Waals surface area contributed by atoms with E-state index >= 15 is 0 Å². The van der Waals surface area contributed by atoms with Crippen LogP contribution in [0.3, 0.4) is 0 Å². The molecule has 18 heavy (non-hydrogen) atoms. The topological polar surface area (TPSA) is 20.3 Å². The predicted molar refractivity (Wildman–Crippen MR) is 78.0 cm³/mol. The van der Waals surface area contributed by atoms with Gasteiger partial charge in [-0.25, -0.2) is 0 Å². The Morgan fingerprint density at radius 3 is 2.44 bits per heavy atom. The Hall–Kier alpha value is -0.670. The van der Waals surface area contributed by atoms with Crippen LogP contribution in [0.4, 0.5) is 0 Å². The van der Waals surface area contributed by atoms with E-state index in [-0.39, 0.29) is 5.78 Å². The van der Waals surface area contributed by atoms with E-state index in [1.54, 1.807) is 0 Å². The van der Waals surface area contributed by atoms with E-state index in [0.29, 0.717) is 12.6 Å². The average Bonchev–Trinajstić information content (AvgIpc) is 2.40. The summed E-state index contributed by atoms with van der Waals surface area (Å²) in [5.41, 5.74) is 0.806. The van der Waals surface area contributed by atoms with Gasteiger partial charge in [-0.1, -0.05) is 47.3 Å². The number of Topliss-reactive ketones (excluding diaryl/α,β-unsaturated/α-hetero) is 1. The summed E-state index contributed by atoms with van der Waals surface area (Å²) >= 11 is 3.39. The largest absolute Gasteiger partial charge is 0.296 e. The van der Waals surface area contributed by atoms with Gasteiger partial charge in [0.15, 0.2) is 5.78 Å². The maximum absolute atomic E-state index is 12.2. The van der Waals surface area contributed by atoms with Gasteiger partial charge in [0.25, 0.3) is 0 Å². The highest BCUT2D eigenvalue weighted by molar-refractivity contribution is 9.10. The van der Waals surface area contributed by atoms with Crippen LogP contribution >= 0.6 is 15.9 Å². The molecule has 0 amide bonds. The zero-order valence-electron chi connectivity index (χ0n) is 10.9. The SMILES string of the molecule is CN(CC(=O)c1ccc(Br)cc1)C1CCCCC1. The first-order valence-electron chi connectivity index (χ1n) is 6.66. The molecule has 3 heteroatoms. The standard InChI is InChI=1S/C15H20BrNO/c1-17(14-5-3-2-4-6-14)11-15(18)12-7-9-13(16)10-8-12/h7-10,14H,2-6,11H2,1H3. The number of likely N-dealkylation sites (N-methyl/N-ethyl adjacent to an activating group) is 1. The van der Waals surface area contributed by atoms with Gasteiger partial charge >= 0.3 is 0 Å². The molecule has 1 aromatic carbocycles. The van der Waals surface area contributed by atoms with Gasteiger partial charge in [-0.05, 0) is 32.0 Å². The van der Waals surface area contributed by atoms with E-state index in [0.717, 1.165) is 10.0 Å². The van der Waals surface area contributed by atoms with Crippen molar-refractivity contribution >= 4 is 21.7 Å². The molecule has 0 aromatic heterocycles. The molecule has 0 unspecified atom stereocenters. The Kier molecular flexibility index (Phi) is 4.95. The first-order valence-corrected chi connectivity index (χ1v) is 7.45. The second-order valence-corrected chi connectivity index (χ2v) is 6.05. The lowest BCUT2D eigenvalue weighted by molar-refractivity contribution is 0.0899. The predicted octanol–water partition coefficient (Wildman–Crippen LogP) is 3.90. The Balaban J connectivity index is 1.91. The van der Waals surface area contributed by atoms with Crippen LogP contribution in [0.25, 0.3) is 0 Å². The number of benzene rings is 1. The number of nitrogens with zero attached hydrogens (tertiary/aromatic N) is 1. The minimum Gasteiger partial charge on any atom is -0.296 e. The van der Waals surface area contributed by atoms with Crippen LogP contribution in [-0.2, 0) is 0 Å². The lowest BCUT2D eigenvalue weighted by Crippen LogP contribution is -2.37. The van der Waals surface area contributed by atoms with E-state index in [9.17, 15) is 4.79 Å². The summed E-state index contributed by atoms with van der Waals surface area (Å²) in [4.78, 5) is 14.4. The van der Waals surface area contributed by atoms with E-state index in [1.807, 2.05) is 24.3 Å². The molecule has 0 radical (unpaired) electrons. The Morgan fingerprint density at radius 1 is 1.22 bits per heavy atom. The normalized spacial score (nSPS) is 17.1. The van der Waals surface area contributed by atoms with Crippen molar-refractivity contribution in [2.75, 3.05) is 13.6 Å². The summed E-state index contributed by atoms with van der Waals surface area (Å²) in [7, 11) is 2.08. The van der Waals surface area contributed by atoms with Crippen molar-refractivity contribution in [2.24, 2.45) is 0 Å². The van der Waals surface area contributed by atoms with Gasteiger partial charge in [-0.2, -0.15) is 0 Å². The molecule has 1 aliphatic carbocycles. The van der Waals surface area contributed by atoms with Gasteiger partial charge in [0.1, 0.15) is 0 Å². The van der Waals surface area contributed by atoms with Crippen LogP contribution in [0.1, 0.15) is 42.5 Å². The average molecular weight is 310 g/mol. The Labute approximate surface area is 117 Å². The minimum absolute atomic E-state index is 0.218. The summed E-state index contributed by atoms with van der Waals surface area (Å²) in [6.45, 7) is 0.534. The second kappa shape index (κ2) is 6.48. The fourth-order valence-electron chi connectivity index (χ4n) is 2.60. The molecule has 2 nitrogen and oxygen atoms in total. The maximum Gasteiger partial charge on any atom is 0.176 e. The molecule has 0 saturated heterocycles. The van der Waals surface area contributed by atoms with Crippen molar-refractivity contribution in [3.8, 4) is 0 Å². The van der Waals surface area contributed by atoms with Crippen LogP contribution in [0.5, 0.6) is 0 Å². The molecule has 0 atom stereocenters. The summed E-state index contributed by atoms with van der Waals surface area (Å²) in [6, 6.07) is 8.22. The molecule has 1 fully saturated rings. The van der Waals surface area contributed by atoms with Crippen molar-refractivity contribution in [2.45, 2.75) is 38.1 Å². The number of carbonyl (C=O) groups excluding carboxylic acids is 1. The molecule has 1 saturated carbocycles. The summed E-state index contributed by atoms with van der Waals surface area (Å²) in [5, 5.41) is 0. The number of hydrogen-bond donors (Lipinski definition) is 0. The summed E-state index contributed by atoms with van der Waals surface area (Å²) < 4.78 is 1.01. The van der Waals surface area contributed by atoms with Crippen molar-refractivity contribution in [3.05, 3.63) is 34.3 Å². The lowest BCUT2D eigenvalue weighted by Gasteiger charge is -2.30. The first-order chi connectivity index (χ1) is 8.66. The third-order valence-corrected chi connectivity index (χ3v) is 4.29. The highest BCUT2D eigenvalue weighted by atomic mass is 79.9. The van der Waals surface area contributed by atoms with Gasteiger partial charge in [0.05, 0.1) is 6.54 Å². The number of ketones is 1. The van der Waals surface area contributed by atoms with Gasteiger partial charge in [-0.15, -0.1) is 0 Å². The molecule has 0 bridgehead atoms. The van der Waals surface area contributed by atoms with Crippen LogP contribution < -0.4 is 0 Å². The van der Waals surface area contributed by atoms with Gasteiger partial charge < -0.3 is 0 Å². The summed E-state index contributed by atoms with van der Waals surface area (Å²) in [5.74, 6) is 0.218. The third-order valence-electron chi connectivity index (χ3n) is 3.76. The van der Waals surface area contributed by atoms with Gasteiger partial charge in [0.2, 0.25) is 0 Å². The zero-order valence-corrected chi connectivity index (χ0v) is 12.4. The molecule has 98 valence electrons. The van der Waals surface area contributed by atoms with Crippen molar-refractivity contribution in [3.63, 3.8) is 0 Å². The van der Waals surface area contributed by atoms with Crippen molar-refractivity contribution in [1.29, 1.82) is 0 Å². The Bertz CT molecular complexity index is 395. The van der Waals surface area contributed by atoms with Crippen molar-refractivity contribution < 1.29 is 4.79 Å². The molecular formula is C15H20BrNO. The van der Waals surface area contributed by atoms with Crippen LogP contribution in [0.2, 0.25) is 0 Å². The highest BCUT2D eigenvalue weighted by Crippen LogP contribution is 2.21. The zero-order chi connectivity index (χ0) is 13.0. The Morgan fingerprint density at radius 2 is 1.83 bits per heavy atom. The molecule has 0 spiro atoms. The lowest BCUT2D eigenvalue weighted by atomic mass is 9.94.